The van der Waals surface area contributed by atoms with Crippen molar-refractivity contribution < 1.29 is 29.6 Å². The van der Waals surface area contributed by atoms with Gasteiger partial charge in [0.1, 0.15) is 12.2 Å². The summed E-state index contributed by atoms with van der Waals surface area (Å²) in [7, 11) is 0. The smallest absolute Gasteiger partial charge is 0.334 e. The third-order valence-electron chi connectivity index (χ3n) is 2.16. The van der Waals surface area contributed by atoms with E-state index in [9.17, 15) is 14.7 Å². The van der Waals surface area contributed by atoms with E-state index >= 15 is 0 Å². The van der Waals surface area contributed by atoms with Crippen LogP contribution in [0.15, 0.2) is 23.8 Å². The van der Waals surface area contributed by atoms with E-state index in [-0.39, 0.29) is 5.57 Å². The molecule has 16 heavy (non-hydrogen) atoms. The molecule has 1 aliphatic carbocycles. The van der Waals surface area contributed by atoms with Gasteiger partial charge in [0.25, 0.3) is 0 Å². The zero-order valence-electron chi connectivity index (χ0n) is 8.53. The first kappa shape index (κ1) is 12.4. The second-order valence-corrected chi connectivity index (χ2v) is 3.34. The quantitative estimate of drug-likeness (QED) is 0.614. The number of hydrogen-bond acceptors (Lipinski definition) is 4. The Labute approximate surface area is 91.5 Å². The minimum atomic E-state index is -1.36. The zero-order chi connectivity index (χ0) is 12.3. The number of carboxylic acids is 2. The van der Waals surface area contributed by atoms with Crippen LogP contribution in [-0.2, 0) is 14.3 Å². The number of carboxylic acid groups (broad SMARTS) is 2. The fraction of sp³-hybridized carbons (Fsp3) is 0.400. The summed E-state index contributed by atoms with van der Waals surface area (Å²) in [6, 6.07) is 0. The number of carbonyl (C=O) groups is 2. The van der Waals surface area contributed by atoms with Gasteiger partial charge in [-0.2, -0.15) is 0 Å². The number of hydrogen-bond donors (Lipinski definition) is 3. The van der Waals surface area contributed by atoms with Crippen LogP contribution in [0.1, 0.15) is 6.92 Å². The third kappa shape index (κ3) is 2.68. The van der Waals surface area contributed by atoms with Gasteiger partial charge in [-0.3, -0.25) is 0 Å². The number of aliphatic hydroxyl groups excluding tert-OH is 1. The second-order valence-electron chi connectivity index (χ2n) is 3.34. The summed E-state index contributed by atoms with van der Waals surface area (Å²) in [6.07, 6.45) is 0.647. The molecule has 1 unspecified atom stereocenters. The first-order valence-corrected chi connectivity index (χ1v) is 4.61. The van der Waals surface area contributed by atoms with Crippen LogP contribution in [0.3, 0.4) is 0 Å². The van der Waals surface area contributed by atoms with Crippen molar-refractivity contribution in [1.29, 1.82) is 0 Å². The van der Waals surface area contributed by atoms with Crippen molar-refractivity contribution in [3.8, 4) is 0 Å². The normalized spacial score (nSPS) is 26.0. The first-order chi connectivity index (χ1) is 7.43. The SMILES string of the molecule is CC(O[C@H]1C=CC=C(C(=O)O)[C@@H]1O)C(=O)O. The molecule has 1 rings (SSSR count). The standard InChI is InChI=1S/C10H12O6/c1-5(9(12)13)16-7-4-2-3-6(8(7)11)10(14)15/h2-5,7-8,11H,1H3,(H,12,13)(H,14,15)/t5?,7-,8-/m0/s1. The van der Waals surface area contributed by atoms with Gasteiger partial charge >= 0.3 is 11.9 Å². The molecule has 0 amide bonds. The minimum absolute atomic E-state index is 0.218. The van der Waals surface area contributed by atoms with Crippen molar-refractivity contribution in [1.82, 2.24) is 0 Å². The lowest BCUT2D eigenvalue weighted by molar-refractivity contribution is -0.154. The predicted octanol–water partition coefficient (Wildman–Crippen LogP) is -0.214. The summed E-state index contributed by atoms with van der Waals surface area (Å²) in [5, 5.41) is 27.0. The maximum atomic E-state index is 10.7. The van der Waals surface area contributed by atoms with Crippen LogP contribution in [0.4, 0.5) is 0 Å². The van der Waals surface area contributed by atoms with Crippen molar-refractivity contribution >= 4 is 11.9 Å². The van der Waals surface area contributed by atoms with Crippen LogP contribution in [-0.4, -0.2) is 45.6 Å². The monoisotopic (exact) mass is 228 g/mol. The Morgan fingerprint density at radius 3 is 2.56 bits per heavy atom. The van der Waals surface area contributed by atoms with Crippen LogP contribution in [0, 0.1) is 0 Å². The van der Waals surface area contributed by atoms with Crippen LogP contribution < -0.4 is 0 Å². The molecule has 0 fully saturated rings. The molecule has 3 atom stereocenters. The molecule has 0 aromatic rings. The lowest BCUT2D eigenvalue weighted by atomic mass is 9.99. The van der Waals surface area contributed by atoms with Crippen molar-refractivity contribution in [3.05, 3.63) is 23.8 Å². The highest BCUT2D eigenvalue weighted by Gasteiger charge is 2.30. The molecule has 6 heteroatoms. The average Bonchev–Trinajstić information content (AvgIpc) is 2.20. The zero-order valence-corrected chi connectivity index (χ0v) is 8.53. The molecule has 0 saturated carbocycles. The number of allylic oxidation sites excluding steroid dienone is 2. The molecule has 88 valence electrons. The van der Waals surface area contributed by atoms with Crippen molar-refractivity contribution in [2.24, 2.45) is 0 Å². The lowest BCUT2D eigenvalue weighted by Crippen LogP contribution is -2.37. The maximum Gasteiger partial charge on any atom is 0.334 e. The van der Waals surface area contributed by atoms with E-state index in [0.717, 1.165) is 0 Å². The molecule has 0 bridgehead atoms. The summed E-state index contributed by atoms with van der Waals surface area (Å²) >= 11 is 0. The van der Waals surface area contributed by atoms with Crippen molar-refractivity contribution in [2.75, 3.05) is 0 Å². The highest BCUT2D eigenvalue weighted by molar-refractivity contribution is 5.88. The van der Waals surface area contributed by atoms with E-state index in [1.807, 2.05) is 0 Å². The Morgan fingerprint density at radius 2 is 2.06 bits per heavy atom. The fourth-order valence-electron chi connectivity index (χ4n) is 1.26. The van der Waals surface area contributed by atoms with E-state index in [4.69, 9.17) is 14.9 Å². The van der Waals surface area contributed by atoms with Crippen LogP contribution in [0.5, 0.6) is 0 Å². The molecule has 0 saturated heterocycles. The number of aliphatic hydroxyl groups is 1. The van der Waals surface area contributed by atoms with Gasteiger partial charge in [0.2, 0.25) is 0 Å². The van der Waals surface area contributed by atoms with Gasteiger partial charge in [0.05, 0.1) is 5.57 Å². The Balaban J connectivity index is 2.72. The van der Waals surface area contributed by atoms with Gasteiger partial charge < -0.3 is 20.1 Å². The molecule has 0 aliphatic heterocycles. The van der Waals surface area contributed by atoms with E-state index in [1.54, 1.807) is 0 Å². The summed E-state index contributed by atoms with van der Waals surface area (Å²) < 4.78 is 5.00. The molecule has 0 radical (unpaired) electrons. The number of ether oxygens (including phenoxy) is 1. The average molecular weight is 228 g/mol. The topological polar surface area (TPSA) is 104 Å². The molecule has 0 spiro atoms. The van der Waals surface area contributed by atoms with Crippen molar-refractivity contribution in [3.63, 3.8) is 0 Å². The summed E-state index contributed by atoms with van der Waals surface area (Å²) in [5.74, 6) is -2.43. The molecular weight excluding hydrogens is 216 g/mol. The summed E-state index contributed by atoms with van der Waals surface area (Å²) in [4.78, 5) is 21.2. The lowest BCUT2D eigenvalue weighted by Gasteiger charge is -2.24. The molecule has 0 aromatic heterocycles. The van der Waals surface area contributed by atoms with Crippen LogP contribution in [0.25, 0.3) is 0 Å². The molecule has 3 N–H and O–H groups in total. The van der Waals surface area contributed by atoms with Gasteiger partial charge in [-0.15, -0.1) is 0 Å². The van der Waals surface area contributed by atoms with E-state index in [1.165, 1.54) is 25.2 Å². The van der Waals surface area contributed by atoms with Crippen molar-refractivity contribution in [2.45, 2.75) is 25.2 Å². The number of rotatable bonds is 4. The molecule has 1 aliphatic rings. The van der Waals surface area contributed by atoms with E-state index in [0.29, 0.717) is 0 Å². The van der Waals surface area contributed by atoms with Gasteiger partial charge in [0, 0.05) is 0 Å². The largest absolute Gasteiger partial charge is 0.479 e. The maximum absolute atomic E-state index is 10.7. The second kappa shape index (κ2) is 4.91. The van der Waals surface area contributed by atoms with Crippen LogP contribution >= 0.6 is 0 Å². The van der Waals surface area contributed by atoms with E-state index < -0.39 is 30.3 Å². The van der Waals surface area contributed by atoms with Gasteiger partial charge in [-0.1, -0.05) is 12.2 Å². The Morgan fingerprint density at radius 1 is 1.44 bits per heavy atom. The molecule has 0 heterocycles. The number of aliphatic carboxylic acids is 2. The first-order valence-electron chi connectivity index (χ1n) is 4.61. The highest BCUT2D eigenvalue weighted by atomic mass is 16.5. The molecule has 6 nitrogen and oxygen atoms in total. The molecular formula is C10H12O6. The molecule has 0 aromatic carbocycles. The van der Waals surface area contributed by atoms with Gasteiger partial charge in [-0.25, -0.2) is 9.59 Å². The fourth-order valence-corrected chi connectivity index (χ4v) is 1.26. The Bertz CT molecular complexity index is 356. The Kier molecular flexibility index (Phi) is 3.81. The minimum Gasteiger partial charge on any atom is -0.479 e. The summed E-state index contributed by atoms with van der Waals surface area (Å²) in [5.41, 5.74) is -0.218. The van der Waals surface area contributed by atoms with Gasteiger partial charge in [-0.05, 0) is 13.0 Å². The van der Waals surface area contributed by atoms with Crippen LogP contribution in [0.2, 0.25) is 0 Å². The third-order valence-corrected chi connectivity index (χ3v) is 2.16. The highest BCUT2D eigenvalue weighted by Crippen LogP contribution is 2.18. The van der Waals surface area contributed by atoms with Gasteiger partial charge in [0.15, 0.2) is 6.10 Å². The predicted molar refractivity (Wildman–Crippen MR) is 52.8 cm³/mol. The Hall–Kier alpha value is -1.66. The van der Waals surface area contributed by atoms with E-state index in [2.05, 4.69) is 0 Å². The summed E-state index contributed by atoms with van der Waals surface area (Å²) in [6.45, 7) is 1.31.